The van der Waals surface area contributed by atoms with E-state index in [1.807, 2.05) is 24.3 Å². The second kappa shape index (κ2) is 8.17. The van der Waals surface area contributed by atoms with Gasteiger partial charge in [0.2, 0.25) is 17.7 Å². The van der Waals surface area contributed by atoms with E-state index in [1.165, 1.54) is 23.4 Å². The Balaban J connectivity index is 1.34. The van der Waals surface area contributed by atoms with E-state index in [0.717, 1.165) is 51.1 Å². The molecule has 3 aliphatic rings. The fourth-order valence-electron chi connectivity index (χ4n) is 5.01. The van der Waals surface area contributed by atoms with Crippen LogP contribution in [-0.4, -0.2) is 42.3 Å². The van der Waals surface area contributed by atoms with Crippen molar-refractivity contribution in [1.29, 1.82) is 0 Å². The van der Waals surface area contributed by atoms with Gasteiger partial charge in [-0.25, -0.2) is 0 Å². The van der Waals surface area contributed by atoms with Crippen LogP contribution in [0.15, 0.2) is 24.3 Å². The van der Waals surface area contributed by atoms with Crippen molar-refractivity contribution in [1.82, 2.24) is 4.90 Å². The number of carbonyl (C=O) groups is 3. The van der Waals surface area contributed by atoms with E-state index in [-0.39, 0.29) is 30.7 Å². The van der Waals surface area contributed by atoms with Gasteiger partial charge in [-0.2, -0.15) is 0 Å². The number of nitrogens with one attached hydrogen (secondary N) is 1. The van der Waals surface area contributed by atoms with Crippen molar-refractivity contribution in [3.05, 3.63) is 24.3 Å². The minimum Gasteiger partial charge on any atom is -0.372 e. The number of likely N-dealkylation sites (tertiary alicyclic amines) is 1. The Bertz CT molecular complexity index is 775. The Kier molecular flexibility index (Phi) is 5.61. The Morgan fingerprint density at radius 2 is 1.72 bits per heavy atom. The summed E-state index contributed by atoms with van der Waals surface area (Å²) < 4.78 is 0. The van der Waals surface area contributed by atoms with Crippen molar-refractivity contribution in [2.24, 2.45) is 11.3 Å². The van der Waals surface area contributed by atoms with Gasteiger partial charge in [-0.05, 0) is 55.9 Å². The van der Waals surface area contributed by atoms with Crippen molar-refractivity contribution >= 4 is 29.1 Å². The summed E-state index contributed by atoms with van der Waals surface area (Å²) in [6, 6.07) is 7.83. The molecule has 1 aliphatic carbocycles. The highest BCUT2D eigenvalue weighted by atomic mass is 16.2. The zero-order chi connectivity index (χ0) is 20.4. The van der Waals surface area contributed by atoms with Crippen molar-refractivity contribution in [2.45, 2.75) is 58.3 Å². The summed E-state index contributed by atoms with van der Waals surface area (Å²) in [6.07, 6.45) is 7.32. The maximum absolute atomic E-state index is 12.8. The Morgan fingerprint density at radius 1 is 1.07 bits per heavy atom. The Hall–Kier alpha value is -2.37. The van der Waals surface area contributed by atoms with E-state index in [2.05, 4.69) is 17.1 Å². The molecule has 0 unspecified atom stereocenters. The SMILES string of the molecule is CC1CCN(c2ccc(NC(=O)CN3C(=O)CC4(CCCCC4)C3=O)cc2)CC1. The summed E-state index contributed by atoms with van der Waals surface area (Å²) in [5, 5.41) is 2.83. The molecule has 3 fully saturated rings. The summed E-state index contributed by atoms with van der Waals surface area (Å²) in [5.41, 5.74) is 1.32. The summed E-state index contributed by atoms with van der Waals surface area (Å²) in [7, 11) is 0. The molecule has 2 saturated heterocycles. The smallest absolute Gasteiger partial charge is 0.244 e. The van der Waals surface area contributed by atoms with E-state index < -0.39 is 5.41 Å². The van der Waals surface area contributed by atoms with Crippen LogP contribution in [-0.2, 0) is 14.4 Å². The molecule has 2 heterocycles. The minimum atomic E-state index is -0.538. The van der Waals surface area contributed by atoms with Crippen molar-refractivity contribution < 1.29 is 14.4 Å². The maximum atomic E-state index is 12.8. The van der Waals surface area contributed by atoms with E-state index in [1.54, 1.807) is 0 Å². The van der Waals surface area contributed by atoms with Crippen LogP contribution < -0.4 is 10.2 Å². The van der Waals surface area contributed by atoms with Gasteiger partial charge in [-0.3, -0.25) is 19.3 Å². The summed E-state index contributed by atoms with van der Waals surface area (Å²) in [4.78, 5) is 41.3. The second-order valence-electron chi connectivity index (χ2n) is 9.07. The van der Waals surface area contributed by atoms with Gasteiger partial charge < -0.3 is 10.2 Å². The lowest BCUT2D eigenvalue weighted by atomic mass is 9.73. The predicted octanol–water partition coefficient (Wildman–Crippen LogP) is 3.57. The van der Waals surface area contributed by atoms with Gasteiger partial charge in [0.25, 0.3) is 0 Å². The van der Waals surface area contributed by atoms with E-state index in [4.69, 9.17) is 0 Å². The minimum absolute atomic E-state index is 0.146. The van der Waals surface area contributed by atoms with Crippen LogP contribution in [0.5, 0.6) is 0 Å². The molecule has 0 bridgehead atoms. The summed E-state index contributed by atoms with van der Waals surface area (Å²) >= 11 is 0. The number of imide groups is 1. The first-order chi connectivity index (χ1) is 14.0. The zero-order valence-corrected chi connectivity index (χ0v) is 17.3. The first kappa shape index (κ1) is 19.9. The van der Waals surface area contributed by atoms with Crippen LogP contribution >= 0.6 is 0 Å². The molecule has 4 rings (SSSR count). The molecule has 29 heavy (non-hydrogen) atoms. The first-order valence-corrected chi connectivity index (χ1v) is 11.0. The van der Waals surface area contributed by atoms with Crippen LogP contribution in [0.25, 0.3) is 0 Å². The molecule has 0 radical (unpaired) electrons. The van der Waals surface area contributed by atoms with Crippen LogP contribution in [0, 0.1) is 11.3 Å². The largest absolute Gasteiger partial charge is 0.372 e. The van der Waals surface area contributed by atoms with Gasteiger partial charge in [0.1, 0.15) is 6.54 Å². The van der Waals surface area contributed by atoms with Gasteiger partial charge in [-0.15, -0.1) is 0 Å². The number of piperidine rings is 1. The van der Waals surface area contributed by atoms with Crippen molar-refractivity contribution in [2.75, 3.05) is 29.9 Å². The van der Waals surface area contributed by atoms with Gasteiger partial charge in [0.05, 0.1) is 5.41 Å². The number of hydrogen-bond acceptors (Lipinski definition) is 4. The van der Waals surface area contributed by atoms with E-state index in [0.29, 0.717) is 5.69 Å². The topological polar surface area (TPSA) is 69.7 Å². The number of carbonyl (C=O) groups excluding carboxylic acids is 3. The number of nitrogens with zero attached hydrogens (tertiary/aromatic N) is 2. The molecule has 3 amide bonds. The molecule has 0 atom stereocenters. The molecule has 6 heteroatoms. The first-order valence-electron chi connectivity index (χ1n) is 11.0. The summed E-state index contributed by atoms with van der Waals surface area (Å²) in [5.74, 6) is 0.112. The third-order valence-corrected chi connectivity index (χ3v) is 6.90. The molecule has 6 nitrogen and oxygen atoms in total. The second-order valence-corrected chi connectivity index (χ2v) is 9.07. The van der Waals surface area contributed by atoms with E-state index >= 15 is 0 Å². The number of benzene rings is 1. The maximum Gasteiger partial charge on any atom is 0.244 e. The molecular formula is C23H31N3O3. The standard InChI is InChI=1S/C23H31N3O3/c1-17-9-13-25(14-10-17)19-7-5-18(6-8-19)24-20(27)16-26-21(28)15-23(22(26)29)11-3-2-4-12-23/h5-8,17H,2-4,9-16H2,1H3,(H,24,27). The zero-order valence-electron chi connectivity index (χ0n) is 17.3. The van der Waals surface area contributed by atoms with Crippen LogP contribution in [0.2, 0.25) is 0 Å². The third kappa shape index (κ3) is 4.16. The molecular weight excluding hydrogens is 366 g/mol. The van der Waals surface area contributed by atoms with Gasteiger partial charge >= 0.3 is 0 Å². The molecule has 0 aromatic heterocycles. The molecule has 2 aliphatic heterocycles. The van der Waals surface area contributed by atoms with Crippen LogP contribution in [0.1, 0.15) is 58.3 Å². The Labute approximate surface area is 172 Å². The number of amides is 3. The molecule has 1 spiro atoms. The van der Waals surface area contributed by atoms with Gasteiger partial charge in [0, 0.05) is 30.9 Å². The number of hydrogen-bond donors (Lipinski definition) is 1. The number of rotatable bonds is 4. The van der Waals surface area contributed by atoms with Gasteiger partial charge in [0.15, 0.2) is 0 Å². The van der Waals surface area contributed by atoms with Gasteiger partial charge in [-0.1, -0.05) is 26.2 Å². The monoisotopic (exact) mass is 397 g/mol. The van der Waals surface area contributed by atoms with Crippen molar-refractivity contribution in [3.8, 4) is 0 Å². The molecule has 1 aromatic rings. The van der Waals surface area contributed by atoms with Crippen LogP contribution in [0.4, 0.5) is 11.4 Å². The fourth-order valence-corrected chi connectivity index (χ4v) is 5.01. The summed E-state index contributed by atoms with van der Waals surface area (Å²) in [6.45, 7) is 4.23. The lowest BCUT2D eigenvalue weighted by Gasteiger charge is -2.32. The van der Waals surface area contributed by atoms with Crippen molar-refractivity contribution in [3.63, 3.8) is 0 Å². The molecule has 156 valence electrons. The van der Waals surface area contributed by atoms with E-state index in [9.17, 15) is 14.4 Å². The number of anilines is 2. The molecule has 1 saturated carbocycles. The Morgan fingerprint density at radius 3 is 2.38 bits per heavy atom. The highest BCUT2D eigenvalue weighted by Crippen LogP contribution is 2.45. The molecule has 1 aromatic carbocycles. The lowest BCUT2D eigenvalue weighted by Crippen LogP contribution is -2.41. The normalized spacial score (nSPS) is 22.4. The average Bonchev–Trinajstić information content (AvgIpc) is 2.94. The average molecular weight is 398 g/mol. The lowest BCUT2D eigenvalue weighted by molar-refractivity contribution is -0.144. The highest BCUT2D eigenvalue weighted by molar-refractivity contribution is 6.09. The third-order valence-electron chi connectivity index (χ3n) is 6.90. The quantitative estimate of drug-likeness (QED) is 0.789. The van der Waals surface area contributed by atoms with Crippen LogP contribution in [0.3, 0.4) is 0 Å². The molecule has 1 N–H and O–H groups in total. The highest BCUT2D eigenvalue weighted by Gasteiger charge is 2.51. The predicted molar refractivity (Wildman–Crippen MR) is 113 cm³/mol. The fraction of sp³-hybridized carbons (Fsp3) is 0.609.